The Bertz CT molecular complexity index is 1300. The topological polar surface area (TPSA) is 127 Å². The number of ether oxygens (including phenoxy) is 2. The summed E-state index contributed by atoms with van der Waals surface area (Å²) in [5, 5.41) is 0. The third-order valence-electron chi connectivity index (χ3n) is 5.40. The number of aromatic nitrogens is 4. The number of nitrogens with one attached hydrogen (secondary N) is 1. The van der Waals surface area contributed by atoms with Gasteiger partial charge in [0.05, 0.1) is 47.8 Å². The smallest absolute Gasteiger partial charge is 0.254 e. The first-order chi connectivity index (χ1) is 16.1. The summed E-state index contributed by atoms with van der Waals surface area (Å²) in [5.74, 6) is 0.115. The van der Waals surface area contributed by atoms with Gasteiger partial charge in [-0.1, -0.05) is 6.92 Å². The number of fused-ring (bicyclic) bond motifs is 1. The molecule has 0 saturated carbocycles. The summed E-state index contributed by atoms with van der Waals surface area (Å²) in [5.41, 5.74) is 3.23. The van der Waals surface area contributed by atoms with E-state index in [9.17, 15) is 13.2 Å². The van der Waals surface area contributed by atoms with Gasteiger partial charge < -0.3 is 14.5 Å². The van der Waals surface area contributed by atoms with Crippen molar-refractivity contribution >= 4 is 32.6 Å². The molecule has 1 saturated heterocycles. The third kappa shape index (κ3) is 5.60. The number of H-pyrrole nitrogens is 1. The van der Waals surface area contributed by atoms with Crippen molar-refractivity contribution < 1.29 is 22.7 Å². The number of amides is 1. The number of carbonyl (C=O) groups is 1. The summed E-state index contributed by atoms with van der Waals surface area (Å²) in [6.07, 6.45) is 1.92. The summed E-state index contributed by atoms with van der Waals surface area (Å²) in [7, 11) is -3.36. The van der Waals surface area contributed by atoms with Crippen molar-refractivity contribution in [2.45, 2.75) is 51.7 Å². The van der Waals surface area contributed by atoms with Gasteiger partial charge in [-0.25, -0.2) is 23.4 Å². The van der Waals surface area contributed by atoms with Crippen LogP contribution in [0.1, 0.15) is 38.6 Å². The molecule has 34 heavy (non-hydrogen) atoms. The number of sulfone groups is 1. The van der Waals surface area contributed by atoms with Crippen LogP contribution in [0.3, 0.4) is 0 Å². The van der Waals surface area contributed by atoms with Gasteiger partial charge in [0.15, 0.2) is 15.7 Å². The van der Waals surface area contributed by atoms with E-state index < -0.39 is 9.84 Å². The molecule has 182 valence electrons. The second-order valence-corrected chi connectivity index (χ2v) is 10.9. The molecule has 0 radical (unpaired) electrons. The Kier molecular flexibility index (Phi) is 6.96. The van der Waals surface area contributed by atoms with Crippen LogP contribution < -0.4 is 4.90 Å². The molecule has 0 bridgehead atoms. The van der Waals surface area contributed by atoms with E-state index in [1.807, 2.05) is 32.9 Å². The van der Waals surface area contributed by atoms with E-state index in [1.165, 1.54) is 0 Å². The molecule has 0 spiro atoms. The first-order valence-electron chi connectivity index (χ1n) is 11.2. The molecule has 1 aliphatic rings. The summed E-state index contributed by atoms with van der Waals surface area (Å²) in [6.45, 7) is 6.68. The van der Waals surface area contributed by atoms with Crippen molar-refractivity contribution in [3.05, 3.63) is 35.7 Å². The molecular weight excluding hydrogens is 458 g/mol. The van der Waals surface area contributed by atoms with Crippen LogP contribution in [0, 0.1) is 0 Å². The van der Waals surface area contributed by atoms with Crippen molar-refractivity contribution in [2.24, 2.45) is 0 Å². The van der Waals surface area contributed by atoms with Crippen LogP contribution in [0.4, 0.5) is 5.82 Å². The molecule has 4 rings (SSSR count). The van der Waals surface area contributed by atoms with E-state index in [1.54, 1.807) is 17.0 Å². The molecule has 3 aromatic heterocycles. The van der Waals surface area contributed by atoms with Crippen molar-refractivity contribution in [2.75, 3.05) is 24.4 Å². The second kappa shape index (κ2) is 9.77. The average Bonchev–Trinajstić information content (AvgIpc) is 3.18. The van der Waals surface area contributed by atoms with Crippen LogP contribution >= 0.6 is 0 Å². The van der Waals surface area contributed by atoms with Crippen molar-refractivity contribution in [1.29, 1.82) is 0 Å². The number of carbonyl (C=O) groups excluding carboxylic acids is 1. The Balaban J connectivity index is 1.77. The maximum atomic E-state index is 12.7. The third-order valence-corrected chi connectivity index (χ3v) is 6.22. The molecule has 11 heteroatoms. The predicted molar refractivity (Wildman–Crippen MR) is 128 cm³/mol. The van der Waals surface area contributed by atoms with Crippen LogP contribution in [0.25, 0.3) is 22.6 Å². The fourth-order valence-corrected chi connectivity index (χ4v) is 4.52. The molecule has 0 aromatic carbocycles. The first kappa shape index (κ1) is 24.2. The molecule has 1 aliphatic heterocycles. The van der Waals surface area contributed by atoms with Crippen LogP contribution in [-0.2, 0) is 36.5 Å². The molecule has 0 unspecified atom stereocenters. The number of pyridine rings is 1. The van der Waals surface area contributed by atoms with Gasteiger partial charge in [0.2, 0.25) is 0 Å². The van der Waals surface area contributed by atoms with E-state index in [4.69, 9.17) is 9.47 Å². The quantitative estimate of drug-likeness (QED) is 0.514. The highest BCUT2D eigenvalue weighted by Crippen LogP contribution is 2.26. The van der Waals surface area contributed by atoms with Crippen molar-refractivity contribution in [1.82, 2.24) is 19.9 Å². The number of aromatic amines is 1. The molecule has 1 fully saturated rings. The summed E-state index contributed by atoms with van der Waals surface area (Å²) in [4.78, 5) is 31.3. The highest BCUT2D eigenvalue weighted by Gasteiger charge is 2.31. The van der Waals surface area contributed by atoms with Gasteiger partial charge in [0.1, 0.15) is 18.1 Å². The fourth-order valence-electron chi connectivity index (χ4n) is 3.83. The zero-order valence-corrected chi connectivity index (χ0v) is 20.6. The molecule has 0 aliphatic carbocycles. The Morgan fingerprint density at radius 1 is 1.24 bits per heavy atom. The summed E-state index contributed by atoms with van der Waals surface area (Å²) in [6, 6.07) is 6.91. The second-order valence-electron chi connectivity index (χ2n) is 8.74. The van der Waals surface area contributed by atoms with E-state index in [0.717, 1.165) is 17.5 Å². The van der Waals surface area contributed by atoms with Crippen LogP contribution in [-0.4, -0.2) is 65.9 Å². The normalized spacial score (nSPS) is 17.1. The van der Waals surface area contributed by atoms with E-state index >= 15 is 0 Å². The lowest BCUT2D eigenvalue weighted by Crippen LogP contribution is -2.49. The van der Waals surface area contributed by atoms with E-state index in [2.05, 4.69) is 19.9 Å². The van der Waals surface area contributed by atoms with Gasteiger partial charge in [0.25, 0.3) is 5.91 Å². The standard InChI is InChI=1S/C23H29N5O5S/c1-5-17-11-32-12-22(29)28(17)21-9-16(13-34(4,30)31)25-23(27-21)19-7-6-18-20(26-19)8-15(24-18)10-33-14(2)3/h6-9,14,17,24H,5,10-13H2,1-4H3/t17-/m0/s1. The molecule has 3 aromatic rings. The monoisotopic (exact) mass is 487 g/mol. The number of nitrogens with zero attached hydrogens (tertiary/aromatic N) is 4. The maximum Gasteiger partial charge on any atom is 0.254 e. The van der Waals surface area contributed by atoms with Gasteiger partial charge in [-0.05, 0) is 38.5 Å². The van der Waals surface area contributed by atoms with Gasteiger partial charge in [-0.3, -0.25) is 9.69 Å². The number of anilines is 1. The highest BCUT2D eigenvalue weighted by molar-refractivity contribution is 7.89. The Labute approximate surface area is 198 Å². The van der Waals surface area contributed by atoms with Gasteiger partial charge in [-0.2, -0.15) is 0 Å². The molecule has 4 heterocycles. The number of hydrogen-bond acceptors (Lipinski definition) is 8. The zero-order valence-electron chi connectivity index (χ0n) is 19.7. The van der Waals surface area contributed by atoms with Gasteiger partial charge >= 0.3 is 0 Å². The fraction of sp³-hybridized carbons (Fsp3) is 0.478. The van der Waals surface area contributed by atoms with Gasteiger partial charge in [-0.15, -0.1) is 0 Å². The largest absolute Gasteiger partial charge is 0.373 e. The van der Waals surface area contributed by atoms with E-state index in [-0.39, 0.29) is 36.2 Å². The summed E-state index contributed by atoms with van der Waals surface area (Å²) < 4.78 is 35.1. The first-order valence-corrected chi connectivity index (χ1v) is 13.2. The molecule has 10 nitrogen and oxygen atoms in total. The Hall–Kier alpha value is -2.89. The Morgan fingerprint density at radius 3 is 2.74 bits per heavy atom. The number of rotatable bonds is 8. The lowest BCUT2D eigenvalue weighted by atomic mass is 10.1. The highest BCUT2D eigenvalue weighted by atomic mass is 32.2. The minimum atomic E-state index is -3.36. The van der Waals surface area contributed by atoms with E-state index in [0.29, 0.717) is 42.4 Å². The molecular formula is C23H29N5O5S. The van der Waals surface area contributed by atoms with Crippen molar-refractivity contribution in [3.8, 4) is 11.5 Å². The number of hydrogen-bond donors (Lipinski definition) is 1. The molecule has 1 amide bonds. The van der Waals surface area contributed by atoms with Crippen molar-refractivity contribution in [3.63, 3.8) is 0 Å². The Morgan fingerprint density at radius 2 is 2.03 bits per heavy atom. The molecule has 1 N–H and O–H groups in total. The molecule has 1 atom stereocenters. The predicted octanol–water partition coefficient (Wildman–Crippen LogP) is 2.63. The zero-order chi connectivity index (χ0) is 24.5. The SMILES string of the molecule is CC[C@H]1COCC(=O)N1c1cc(CS(C)(=O)=O)nc(-c2ccc3[nH]c(COC(C)C)cc3n2)n1. The minimum Gasteiger partial charge on any atom is -0.373 e. The van der Waals surface area contributed by atoms with Crippen LogP contribution in [0.15, 0.2) is 24.3 Å². The van der Waals surface area contributed by atoms with Gasteiger partial charge in [0, 0.05) is 18.0 Å². The van der Waals surface area contributed by atoms with Crippen LogP contribution in [0.2, 0.25) is 0 Å². The summed E-state index contributed by atoms with van der Waals surface area (Å²) >= 11 is 0. The maximum absolute atomic E-state index is 12.7. The lowest BCUT2D eigenvalue weighted by molar-refractivity contribution is -0.127. The number of morpholine rings is 1. The minimum absolute atomic E-state index is 0.0496. The van der Waals surface area contributed by atoms with Crippen LogP contribution in [0.5, 0.6) is 0 Å². The lowest BCUT2D eigenvalue weighted by Gasteiger charge is -2.34. The average molecular weight is 488 g/mol.